The molecule has 0 N–H and O–H groups in total. The number of likely N-dealkylation sites (tertiary alicyclic amines) is 1. The zero-order chi connectivity index (χ0) is 13.8. The fourth-order valence-corrected chi connectivity index (χ4v) is 2.95. The third-order valence-corrected chi connectivity index (χ3v) is 3.76. The van der Waals surface area contributed by atoms with Crippen LogP contribution in [0.3, 0.4) is 0 Å². The van der Waals surface area contributed by atoms with Crippen LogP contribution in [-0.2, 0) is 0 Å². The van der Waals surface area contributed by atoms with E-state index in [9.17, 15) is 0 Å². The molecule has 0 unspecified atom stereocenters. The molecule has 19 heavy (non-hydrogen) atoms. The lowest BCUT2D eigenvalue weighted by Crippen LogP contribution is -2.27. The SMILES string of the molecule is COc1ccc([C@H]2CCCN2CC(C)C)cc1OC. The van der Waals surface area contributed by atoms with Crippen LogP contribution in [0.1, 0.15) is 38.3 Å². The van der Waals surface area contributed by atoms with Crippen molar-refractivity contribution in [3.63, 3.8) is 0 Å². The third kappa shape index (κ3) is 3.21. The number of ether oxygens (including phenoxy) is 2. The highest BCUT2D eigenvalue weighted by Gasteiger charge is 2.26. The first-order valence-corrected chi connectivity index (χ1v) is 7.11. The fourth-order valence-electron chi connectivity index (χ4n) is 2.95. The van der Waals surface area contributed by atoms with Gasteiger partial charge < -0.3 is 9.47 Å². The zero-order valence-corrected chi connectivity index (χ0v) is 12.5. The van der Waals surface area contributed by atoms with Crippen LogP contribution in [0, 0.1) is 5.92 Å². The Balaban J connectivity index is 2.20. The molecule has 0 aliphatic carbocycles. The van der Waals surface area contributed by atoms with E-state index in [1.165, 1.54) is 31.5 Å². The number of benzene rings is 1. The minimum absolute atomic E-state index is 0.530. The number of methoxy groups -OCH3 is 2. The molecule has 1 aliphatic heterocycles. The Morgan fingerprint density at radius 1 is 1.21 bits per heavy atom. The molecule has 0 radical (unpaired) electrons. The van der Waals surface area contributed by atoms with E-state index in [-0.39, 0.29) is 0 Å². The van der Waals surface area contributed by atoms with Crippen LogP contribution in [-0.4, -0.2) is 32.2 Å². The van der Waals surface area contributed by atoms with Crippen molar-refractivity contribution in [2.75, 3.05) is 27.3 Å². The largest absolute Gasteiger partial charge is 0.493 e. The van der Waals surface area contributed by atoms with Crippen LogP contribution in [0.5, 0.6) is 11.5 Å². The highest BCUT2D eigenvalue weighted by atomic mass is 16.5. The highest BCUT2D eigenvalue weighted by Crippen LogP contribution is 2.37. The van der Waals surface area contributed by atoms with Crippen molar-refractivity contribution in [1.82, 2.24) is 4.90 Å². The van der Waals surface area contributed by atoms with Crippen molar-refractivity contribution in [3.05, 3.63) is 23.8 Å². The van der Waals surface area contributed by atoms with E-state index in [4.69, 9.17) is 9.47 Å². The van der Waals surface area contributed by atoms with Gasteiger partial charge in [0.25, 0.3) is 0 Å². The molecule has 106 valence electrons. The van der Waals surface area contributed by atoms with Gasteiger partial charge in [0.1, 0.15) is 0 Å². The summed E-state index contributed by atoms with van der Waals surface area (Å²) >= 11 is 0. The van der Waals surface area contributed by atoms with E-state index in [1.54, 1.807) is 14.2 Å². The molecule has 0 saturated carbocycles. The lowest BCUT2D eigenvalue weighted by Gasteiger charge is -2.27. The molecule has 3 heteroatoms. The van der Waals surface area contributed by atoms with Gasteiger partial charge >= 0.3 is 0 Å². The Hall–Kier alpha value is -1.22. The van der Waals surface area contributed by atoms with Gasteiger partial charge in [-0.1, -0.05) is 19.9 Å². The summed E-state index contributed by atoms with van der Waals surface area (Å²) < 4.78 is 10.7. The standard InChI is InChI=1S/C16H25NO2/c1-12(2)11-17-9-5-6-14(17)13-7-8-15(18-3)16(10-13)19-4/h7-8,10,12,14H,5-6,9,11H2,1-4H3/t14-/m1/s1. The predicted molar refractivity (Wildman–Crippen MR) is 77.9 cm³/mol. The average Bonchev–Trinajstić information content (AvgIpc) is 2.85. The summed E-state index contributed by atoms with van der Waals surface area (Å²) in [4.78, 5) is 2.59. The molecule has 0 bridgehead atoms. The highest BCUT2D eigenvalue weighted by molar-refractivity contribution is 5.44. The van der Waals surface area contributed by atoms with E-state index in [2.05, 4.69) is 30.9 Å². The number of hydrogen-bond donors (Lipinski definition) is 0. The zero-order valence-electron chi connectivity index (χ0n) is 12.5. The Morgan fingerprint density at radius 2 is 1.95 bits per heavy atom. The minimum atomic E-state index is 0.530. The van der Waals surface area contributed by atoms with Crippen LogP contribution in [0.15, 0.2) is 18.2 Å². The summed E-state index contributed by atoms with van der Waals surface area (Å²) in [7, 11) is 3.38. The molecular weight excluding hydrogens is 238 g/mol. The van der Waals surface area contributed by atoms with E-state index in [1.807, 2.05) is 6.07 Å². The molecule has 1 aliphatic rings. The molecule has 2 rings (SSSR count). The van der Waals surface area contributed by atoms with Crippen LogP contribution in [0.4, 0.5) is 0 Å². The Morgan fingerprint density at radius 3 is 2.58 bits per heavy atom. The van der Waals surface area contributed by atoms with Crippen LogP contribution < -0.4 is 9.47 Å². The van der Waals surface area contributed by atoms with Gasteiger partial charge in [0, 0.05) is 12.6 Å². The molecule has 0 spiro atoms. The van der Waals surface area contributed by atoms with Crippen molar-refractivity contribution in [1.29, 1.82) is 0 Å². The summed E-state index contributed by atoms with van der Waals surface area (Å²) in [6.07, 6.45) is 2.52. The quantitative estimate of drug-likeness (QED) is 0.811. The van der Waals surface area contributed by atoms with E-state index in [0.717, 1.165) is 11.5 Å². The van der Waals surface area contributed by atoms with Gasteiger partial charge in [0.05, 0.1) is 14.2 Å². The summed E-state index contributed by atoms with van der Waals surface area (Å²) in [6.45, 7) is 6.93. The maximum atomic E-state index is 5.41. The van der Waals surface area contributed by atoms with E-state index < -0.39 is 0 Å². The van der Waals surface area contributed by atoms with Crippen LogP contribution in [0.25, 0.3) is 0 Å². The van der Waals surface area contributed by atoms with Crippen LogP contribution >= 0.6 is 0 Å². The molecule has 1 saturated heterocycles. The number of nitrogens with zero attached hydrogens (tertiary/aromatic N) is 1. The van der Waals surface area contributed by atoms with Gasteiger partial charge in [0.2, 0.25) is 0 Å². The molecule has 1 atom stereocenters. The maximum Gasteiger partial charge on any atom is 0.161 e. The van der Waals surface area contributed by atoms with Crippen molar-refractivity contribution >= 4 is 0 Å². The van der Waals surface area contributed by atoms with Crippen molar-refractivity contribution in [3.8, 4) is 11.5 Å². The molecule has 1 heterocycles. The van der Waals surface area contributed by atoms with Gasteiger partial charge in [-0.25, -0.2) is 0 Å². The monoisotopic (exact) mass is 263 g/mol. The first-order chi connectivity index (χ1) is 9.15. The Labute approximate surface area is 116 Å². The van der Waals surface area contributed by atoms with Crippen LogP contribution in [0.2, 0.25) is 0 Å². The average molecular weight is 263 g/mol. The van der Waals surface area contributed by atoms with Gasteiger partial charge in [-0.05, 0) is 43.0 Å². The molecule has 0 aromatic heterocycles. The molecule has 1 aromatic carbocycles. The van der Waals surface area contributed by atoms with Gasteiger partial charge in [0.15, 0.2) is 11.5 Å². The predicted octanol–water partition coefficient (Wildman–Crippen LogP) is 3.50. The second-order valence-electron chi connectivity index (χ2n) is 5.66. The smallest absolute Gasteiger partial charge is 0.161 e. The molecular formula is C16H25NO2. The van der Waals surface area contributed by atoms with Crippen molar-refractivity contribution in [2.24, 2.45) is 5.92 Å². The second kappa shape index (κ2) is 6.29. The topological polar surface area (TPSA) is 21.7 Å². The fraction of sp³-hybridized carbons (Fsp3) is 0.625. The van der Waals surface area contributed by atoms with Gasteiger partial charge in [-0.3, -0.25) is 4.90 Å². The van der Waals surface area contributed by atoms with E-state index in [0.29, 0.717) is 12.0 Å². The Kier molecular flexibility index (Phi) is 4.70. The van der Waals surface area contributed by atoms with Crippen molar-refractivity contribution < 1.29 is 9.47 Å². The first kappa shape index (κ1) is 14.2. The second-order valence-corrected chi connectivity index (χ2v) is 5.66. The lowest BCUT2D eigenvalue weighted by atomic mass is 10.0. The molecule has 1 aromatic rings. The third-order valence-electron chi connectivity index (χ3n) is 3.76. The summed E-state index contributed by atoms with van der Waals surface area (Å²) in [5, 5.41) is 0. The van der Waals surface area contributed by atoms with E-state index >= 15 is 0 Å². The first-order valence-electron chi connectivity index (χ1n) is 7.11. The Bertz CT molecular complexity index is 417. The molecule has 0 amide bonds. The molecule has 3 nitrogen and oxygen atoms in total. The van der Waals surface area contributed by atoms with Gasteiger partial charge in [-0.15, -0.1) is 0 Å². The van der Waals surface area contributed by atoms with Crippen molar-refractivity contribution in [2.45, 2.75) is 32.7 Å². The number of rotatable bonds is 5. The summed E-state index contributed by atoms with van der Waals surface area (Å²) in [6, 6.07) is 6.84. The lowest BCUT2D eigenvalue weighted by molar-refractivity contribution is 0.228. The summed E-state index contributed by atoms with van der Waals surface area (Å²) in [5.74, 6) is 2.34. The maximum absolute atomic E-state index is 5.41. The van der Waals surface area contributed by atoms with Gasteiger partial charge in [-0.2, -0.15) is 0 Å². The summed E-state index contributed by atoms with van der Waals surface area (Å²) in [5.41, 5.74) is 1.34. The number of hydrogen-bond acceptors (Lipinski definition) is 3. The molecule has 1 fully saturated rings. The minimum Gasteiger partial charge on any atom is -0.493 e. The normalized spacial score (nSPS) is 19.9.